The van der Waals surface area contributed by atoms with Crippen molar-refractivity contribution in [1.29, 1.82) is 0 Å². The van der Waals surface area contributed by atoms with Crippen molar-refractivity contribution in [2.75, 3.05) is 13.6 Å². The number of nitrogens with zero attached hydrogens (tertiary/aromatic N) is 1. The highest BCUT2D eigenvalue weighted by Crippen LogP contribution is 2.10. The number of rotatable bonds is 4. The molecule has 0 saturated carbocycles. The van der Waals surface area contributed by atoms with E-state index in [0.717, 1.165) is 23.9 Å². The van der Waals surface area contributed by atoms with Crippen LogP contribution in [0, 0.1) is 0 Å². The highest BCUT2D eigenvalue weighted by Gasteiger charge is 1.99. The summed E-state index contributed by atoms with van der Waals surface area (Å²) < 4.78 is 0. The molecular formula is C13H20ClN3. The molecule has 0 heterocycles. The Balaban J connectivity index is 2.36. The number of hydrogen-bond donors (Lipinski definition) is 2. The number of nitrogens with one attached hydrogen (secondary N) is 2. The molecule has 1 rings (SSSR count). The van der Waals surface area contributed by atoms with E-state index in [0.29, 0.717) is 6.04 Å². The molecule has 0 unspecified atom stereocenters. The van der Waals surface area contributed by atoms with Gasteiger partial charge in [-0.05, 0) is 38.0 Å². The molecule has 4 heteroatoms. The SMILES string of the molecule is CN=C(NCCc1cccc(Cl)c1)NC(C)C. The molecule has 0 atom stereocenters. The van der Waals surface area contributed by atoms with Crippen LogP contribution in [0.5, 0.6) is 0 Å². The van der Waals surface area contributed by atoms with Gasteiger partial charge in [-0.1, -0.05) is 23.7 Å². The molecule has 0 fully saturated rings. The summed E-state index contributed by atoms with van der Waals surface area (Å²) in [5.74, 6) is 0.835. The highest BCUT2D eigenvalue weighted by atomic mass is 35.5. The van der Waals surface area contributed by atoms with Crippen LogP contribution in [0.15, 0.2) is 29.3 Å². The maximum Gasteiger partial charge on any atom is 0.191 e. The van der Waals surface area contributed by atoms with Gasteiger partial charge in [0, 0.05) is 24.7 Å². The molecule has 0 aromatic heterocycles. The summed E-state index contributed by atoms with van der Waals surface area (Å²) in [6.45, 7) is 5.01. The van der Waals surface area contributed by atoms with Crippen molar-refractivity contribution in [3.8, 4) is 0 Å². The molecule has 0 amide bonds. The topological polar surface area (TPSA) is 36.4 Å². The second kappa shape index (κ2) is 7.17. The van der Waals surface area contributed by atoms with E-state index in [9.17, 15) is 0 Å². The second-order valence-corrected chi connectivity index (χ2v) is 4.61. The Labute approximate surface area is 108 Å². The Hall–Kier alpha value is -1.22. The van der Waals surface area contributed by atoms with Crippen molar-refractivity contribution in [2.24, 2.45) is 4.99 Å². The molecule has 94 valence electrons. The summed E-state index contributed by atoms with van der Waals surface area (Å²) in [6, 6.07) is 8.30. The summed E-state index contributed by atoms with van der Waals surface area (Å²) in [7, 11) is 1.77. The quantitative estimate of drug-likeness (QED) is 0.639. The van der Waals surface area contributed by atoms with Crippen molar-refractivity contribution >= 4 is 17.6 Å². The Bertz CT molecular complexity index is 375. The van der Waals surface area contributed by atoms with E-state index < -0.39 is 0 Å². The molecule has 2 N–H and O–H groups in total. The monoisotopic (exact) mass is 253 g/mol. The number of halogens is 1. The number of aliphatic imine (C=N–C) groups is 1. The first kappa shape index (κ1) is 13.8. The molecule has 17 heavy (non-hydrogen) atoms. The predicted octanol–water partition coefficient (Wildman–Crippen LogP) is 2.46. The van der Waals surface area contributed by atoms with Gasteiger partial charge < -0.3 is 10.6 Å². The van der Waals surface area contributed by atoms with E-state index in [2.05, 4.69) is 35.5 Å². The number of guanidine groups is 1. The van der Waals surface area contributed by atoms with E-state index in [1.807, 2.05) is 18.2 Å². The van der Waals surface area contributed by atoms with Crippen molar-refractivity contribution in [3.05, 3.63) is 34.9 Å². The fraction of sp³-hybridized carbons (Fsp3) is 0.462. The van der Waals surface area contributed by atoms with Gasteiger partial charge in [-0.15, -0.1) is 0 Å². The molecule has 0 aliphatic heterocycles. The maximum absolute atomic E-state index is 5.93. The fourth-order valence-corrected chi connectivity index (χ4v) is 1.70. The Morgan fingerprint density at radius 3 is 2.76 bits per heavy atom. The summed E-state index contributed by atoms with van der Waals surface area (Å²) in [6.07, 6.45) is 0.930. The van der Waals surface area contributed by atoms with Crippen LogP contribution in [0.1, 0.15) is 19.4 Å². The predicted molar refractivity (Wildman–Crippen MR) is 74.8 cm³/mol. The molecule has 3 nitrogen and oxygen atoms in total. The minimum absolute atomic E-state index is 0.382. The standard InChI is InChI=1S/C13H20ClN3/c1-10(2)17-13(15-3)16-8-7-11-5-4-6-12(14)9-11/h4-6,9-10H,7-8H2,1-3H3,(H2,15,16,17). The lowest BCUT2D eigenvalue weighted by Gasteiger charge is -2.14. The van der Waals surface area contributed by atoms with E-state index in [1.165, 1.54) is 5.56 Å². The van der Waals surface area contributed by atoms with Crippen LogP contribution in [0.25, 0.3) is 0 Å². The first-order chi connectivity index (χ1) is 8.11. The third-order valence-corrected chi connectivity index (χ3v) is 2.48. The van der Waals surface area contributed by atoms with Crippen LogP contribution in [0.3, 0.4) is 0 Å². The van der Waals surface area contributed by atoms with Crippen molar-refractivity contribution in [3.63, 3.8) is 0 Å². The lowest BCUT2D eigenvalue weighted by Crippen LogP contribution is -2.41. The molecular weight excluding hydrogens is 234 g/mol. The van der Waals surface area contributed by atoms with E-state index in [1.54, 1.807) is 7.05 Å². The fourth-order valence-electron chi connectivity index (χ4n) is 1.49. The van der Waals surface area contributed by atoms with Crippen LogP contribution < -0.4 is 10.6 Å². The molecule has 0 aliphatic carbocycles. The second-order valence-electron chi connectivity index (χ2n) is 4.18. The van der Waals surface area contributed by atoms with Gasteiger partial charge in [0.25, 0.3) is 0 Å². The first-order valence-corrected chi connectivity index (χ1v) is 6.21. The average Bonchev–Trinajstić information content (AvgIpc) is 2.27. The van der Waals surface area contributed by atoms with Gasteiger partial charge in [0.1, 0.15) is 0 Å². The maximum atomic E-state index is 5.93. The molecule has 0 bridgehead atoms. The molecule has 1 aromatic carbocycles. The zero-order valence-electron chi connectivity index (χ0n) is 10.6. The van der Waals surface area contributed by atoms with Crippen molar-refractivity contribution in [2.45, 2.75) is 26.3 Å². The van der Waals surface area contributed by atoms with E-state index in [-0.39, 0.29) is 0 Å². The zero-order valence-corrected chi connectivity index (χ0v) is 11.4. The van der Waals surface area contributed by atoms with Gasteiger partial charge in [-0.2, -0.15) is 0 Å². The third-order valence-electron chi connectivity index (χ3n) is 2.24. The summed E-state index contributed by atoms with van der Waals surface area (Å²) in [5.41, 5.74) is 1.23. The third kappa shape index (κ3) is 5.59. The molecule has 1 aromatic rings. The normalized spacial score (nSPS) is 11.7. The lowest BCUT2D eigenvalue weighted by molar-refractivity contribution is 0.698. The van der Waals surface area contributed by atoms with Crippen LogP contribution >= 0.6 is 11.6 Å². The van der Waals surface area contributed by atoms with Gasteiger partial charge in [0.05, 0.1) is 0 Å². The number of benzene rings is 1. The zero-order chi connectivity index (χ0) is 12.7. The first-order valence-electron chi connectivity index (χ1n) is 5.83. The molecule has 0 saturated heterocycles. The lowest BCUT2D eigenvalue weighted by atomic mass is 10.1. The average molecular weight is 254 g/mol. The smallest absolute Gasteiger partial charge is 0.191 e. The van der Waals surface area contributed by atoms with Crippen molar-refractivity contribution < 1.29 is 0 Å². The highest BCUT2D eigenvalue weighted by molar-refractivity contribution is 6.30. The summed E-state index contributed by atoms with van der Waals surface area (Å²) in [5, 5.41) is 7.29. The molecule has 0 radical (unpaired) electrons. The summed E-state index contributed by atoms with van der Waals surface area (Å²) in [4.78, 5) is 4.15. The van der Waals surface area contributed by atoms with Crippen molar-refractivity contribution in [1.82, 2.24) is 10.6 Å². The minimum Gasteiger partial charge on any atom is -0.356 e. The van der Waals surface area contributed by atoms with Gasteiger partial charge in [-0.3, -0.25) is 4.99 Å². The van der Waals surface area contributed by atoms with Gasteiger partial charge in [-0.25, -0.2) is 0 Å². The number of hydrogen-bond acceptors (Lipinski definition) is 1. The Morgan fingerprint density at radius 2 is 2.18 bits per heavy atom. The van der Waals surface area contributed by atoms with Gasteiger partial charge in [0.15, 0.2) is 5.96 Å². The molecule has 0 aliphatic rings. The Kier molecular flexibility index (Phi) is 5.84. The van der Waals surface area contributed by atoms with Gasteiger partial charge in [0.2, 0.25) is 0 Å². The van der Waals surface area contributed by atoms with Crippen LogP contribution in [0.4, 0.5) is 0 Å². The van der Waals surface area contributed by atoms with Crippen LogP contribution in [-0.2, 0) is 6.42 Å². The van der Waals surface area contributed by atoms with Crippen LogP contribution in [-0.4, -0.2) is 25.6 Å². The minimum atomic E-state index is 0.382. The van der Waals surface area contributed by atoms with Crippen LogP contribution in [0.2, 0.25) is 5.02 Å². The summed E-state index contributed by atoms with van der Waals surface area (Å²) >= 11 is 5.93. The van der Waals surface area contributed by atoms with E-state index >= 15 is 0 Å². The molecule has 0 spiro atoms. The van der Waals surface area contributed by atoms with E-state index in [4.69, 9.17) is 11.6 Å². The van der Waals surface area contributed by atoms with Gasteiger partial charge >= 0.3 is 0 Å². The largest absolute Gasteiger partial charge is 0.356 e. The Morgan fingerprint density at radius 1 is 1.41 bits per heavy atom.